The summed E-state index contributed by atoms with van der Waals surface area (Å²) in [5.74, 6) is -0.122. The predicted octanol–water partition coefficient (Wildman–Crippen LogP) is 4.74. The molecule has 1 aromatic heterocycles. The highest BCUT2D eigenvalue weighted by Gasteiger charge is 2.17. The van der Waals surface area contributed by atoms with Gasteiger partial charge < -0.3 is 5.32 Å². The molecule has 25 heavy (non-hydrogen) atoms. The van der Waals surface area contributed by atoms with E-state index in [9.17, 15) is 4.79 Å². The highest BCUT2D eigenvalue weighted by molar-refractivity contribution is 6.15. The van der Waals surface area contributed by atoms with Crippen molar-refractivity contribution in [1.29, 1.82) is 0 Å². The van der Waals surface area contributed by atoms with E-state index < -0.39 is 0 Å². The van der Waals surface area contributed by atoms with Gasteiger partial charge in [0, 0.05) is 22.7 Å². The Morgan fingerprint density at radius 2 is 1.68 bits per heavy atom. The molecule has 5 rings (SSSR count). The van der Waals surface area contributed by atoms with E-state index in [1.165, 1.54) is 16.5 Å². The fourth-order valence-electron chi connectivity index (χ4n) is 3.83. The Bertz CT molecular complexity index is 1130. The highest BCUT2D eigenvalue weighted by Crippen LogP contribution is 2.35. The Morgan fingerprint density at radius 3 is 2.60 bits per heavy atom. The summed E-state index contributed by atoms with van der Waals surface area (Å²) < 4.78 is 0. The zero-order valence-corrected chi connectivity index (χ0v) is 13.6. The van der Waals surface area contributed by atoms with Crippen molar-refractivity contribution in [2.24, 2.45) is 0 Å². The first-order valence-corrected chi connectivity index (χ1v) is 8.50. The third-order valence-electron chi connectivity index (χ3n) is 5.00. The van der Waals surface area contributed by atoms with Crippen LogP contribution in [0.4, 0.5) is 5.69 Å². The van der Waals surface area contributed by atoms with Crippen molar-refractivity contribution in [2.45, 2.75) is 12.8 Å². The maximum atomic E-state index is 12.9. The number of fused-ring (bicyclic) bond motifs is 1. The number of rotatable bonds is 2. The molecule has 0 saturated carbocycles. The van der Waals surface area contributed by atoms with E-state index in [0.717, 1.165) is 34.8 Å². The van der Waals surface area contributed by atoms with E-state index in [0.29, 0.717) is 5.56 Å². The zero-order chi connectivity index (χ0) is 16.8. The van der Waals surface area contributed by atoms with Crippen LogP contribution in [0.2, 0.25) is 0 Å². The molecule has 1 aliphatic carbocycles. The third-order valence-corrected chi connectivity index (χ3v) is 5.00. The molecule has 3 aromatic carbocycles. The van der Waals surface area contributed by atoms with Crippen molar-refractivity contribution in [2.75, 3.05) is 5.32 Å². The van der Waals surface area contributed by atoms with Gasteiger partial charge >= 0.3 is 0 Å². The average Bonchev–Trinajstić information content (AvgIpc) is 3.08. The number of nitrogens with one attached hydrogen (secondary N) is 1. The molecular formula is C22H16N2O. The Balaban J connectivity index is 1.60. The monoisotopic (exact) mass is 324 g/mol. The van der Waals surface area contributed by atoms with Crippen molar-refractivity contribution in [3.63, 3.8) is 0 Å². The molecule has 120 valence electrons. The molecule has 1 N–H and O–H groups in total. The fraction of sp³-hybridized carbons (Fsp3) is 0.0909. The normalized spacial score (nSPS) is 12.6. The lowest BCUT2D eigenvalue weighted by atomic mass is 10.0. The van der Waals surface area contributed by atoms with Crippen LogP contribution in [0.1, 0.15) is 21.5 Å². The first-order chi connectivity index (χ1) is 12.3. The number of para-hydroxylation sites is 1. The van der Waals surface area contributed by atoms with Gasteiger partial charge in [0.2, 0.25) is 0 Å². The number of anilines is 1. The van der Waals surface area contributed by atoms with Gasteiger partial charge in [-0.3, -0.25) is 9.78 Å². The molecule has 0 aliphatic heterocycles. The van der Waals surface area contributed by atoms with E-state index >= 15 is 0 Å². The van der Waals surface area contributed by atoms with Gasteiger partial charge in [-0.2, -0.15) is 0 Å². The Morgan fingerprint density at radius 1 is 0.880 bits per heavy atom. The number of aromatic nitrogens is 1. The first-order valence-electron chi connectivity index (χ1n) is 8.50. The van der Waals surface area contributed by atoms with Crippen LogP contribution in [0.25, 0.3) is 21.7 Å². The minimum absolute atomic E-state index is 0.122. The molecule has 0 atom stereocenters. The molecule has 0 spiro atoms. The van der Waals surface area contributed by atoms with E-state index in [4.69, 9.17) is 0 Å². The number of carbonyl (C=O) groups excluding carboxylic acids is 1. The standard InChI is InChI=1S/C22H16N2O/c25-22(18-8-2-5-16-6-3-13-23-21(16)18)24-19-12-11-15-10-9-14-4-1-7-17(19)20(14)15/h1-8,11-13H,9-10H2,(H,24,25). The summed E-state index contributed by atoms with van der Waals surface area (Å²) in [6, 6.07) is 20.0. The lowest BCUT2D eigenvalue weighted by Gasteiger charge is -2.11. The molecular weight excluding hydrogens is 308 g/mol. The number of hydrogen-bond acceptors (Lipinski definition) is 2. The molecule has 4 aromatic rings. The topological polar surface area (TPSA) is 42.0 Å². The van der Waals surface area contributed by atoms with Crippen molar-refractivity contribution in [3.8, 4) is 0 Å². The molecule has 1 aliphatic rings. The summed E-state index contributed by atoms with van der Waals surface area (Å²) in [6.45, 7) is 0. The van der Waals surface area contributed by atoms with Gasteiger partial charge in [-0.25, -0.2) is 0 Å². The molecule has 0 fully saturated rings. The van der Waals surface area contributed by atoms with Gasteiger partial charge in [0.15, 0.2) is 0 Å². The van der Waals surface area contributed by atoms with Crippen LogP contribution in [-0.4, -0.2) is 10.9 Å². The maximum Gasteiger partial charge on any atom is 0.257 e. The summed E-state index contributed by atoms with van der Waals surface area (Å²) in [5, 5.41) is 6.49. The molecule has 0 bridgehead atoms. The minimum atomic E-state index is -0.122. The van der Waals surface area contributed by atoms with Crippen LogP contribution in [0.5, 0.6) is 0 Å². The molecule has 1 amide bonds. The molecule has 0 radical (unpaired) electrons. The van der Waals surface area contributed by atoms with Crippen LogP contribution in [0.3, 0.4) is 0 Å². The second-order valence-electron chi connectivity index (χ2n) is 6.45. The van der Waals surface area contributed by atoms with Gasteiger partial charge in [-0.05, 0) is 47.6 Å². The molecule has 0 saturated heterocycles. The number of aryl methyl sites for hydroxylation is 2. The zero-order valence-electron chi connectivity index (χ0n) is 13.6. The Kier molecular flexibility index (Phi) is 3.07. The minimum Gasteiger partial charge on any atom is -0.321 e. The number of carbonyl (C=O) groups is 1. The van der Waals surface area contributed by atoms with E-state index in [1.807, 2.05) is 36.4 Å². The van der Waals surface area contributed by atoms with Crippen molar-refractivity contribution in [3.05, 3.63) is 83.6 Å². The number of amides is 1. The molecule has 3 nitrogen and oxygen atoms in total. The van der Waals surface area contributed by atoms with Crippen LogP contribution >= 0.6 is 0 Å². The largest absolute Gasteiger partial charge is 0.321 e. The summed E-state index contributed by atoms with van der Waals surface area (Å²) >= 11 is 0. The Hall–Kier alpha value is -3.20. The number of pyridine rings is 1. The van der Waals surface area contributed by atoms with Crippen molar-refractivity contribution in [1.82, 2.24) is 4.98 Å². The van der Waals surface area contributed by atoms with Gasteiger partial charge in [0.25, 0.3) is 5.91 Å². The van der Waals surface area contributed by atoms with Crippen molar-refractivity contribution < 1.29 is 4.79 Å². The fourth-order valence-corrected chi connectivity index (χ4v) is 3.83. The van der Waals surface area contributed by atoms with Crippen LogP contribution < -0.4 is 5.32 Å². The van der Waals surface area contributed by atoms with Crippen LogP contribution in [0, 0.1) is 0 Å². The van der Waals surface area contributed by atoms with E-state index in [2.05, 4.69) is 34.6 Å². The predicted molar refractivity (Wildman–Crippen MR) is 101 cm³/mol. The van der Waals surface area contributed by atoms with Gasteiger partial charge in [0.1, 0.15) is 0 Å². The SMILES string of the molecule is O=C(Nc1ccc2c3c(cccc13)CC2)c1cccc2cccnc12. The average molecular weight is 324 g/mol. The van der Waals surface area contributed by atoms with E-state index in [1.54, 1.807) is 6.20 Å². The maximum absolute atomic E-state index is 12.9. The second kappa shape index (κ2) is 5.42. The lowest BCUT2D eigenvalue weighted by molar-refractivity contribution is 0.102. The smallest absolute Gasteiger partial charge is 0.257 e. The van der Waals surface area contributed by atoms with Gasteiger partial charge in [0.05, 0.1) is 11.1 Å². The third kappa shape index (κ3) is 2.20. The molecule has 3 heteroatoms. The van der Waals surface area contributed by atoms with Crippen molar-refractivity contribution >= 4 is 33.3 Å². The first kappa shape index (κ1) is 14.2. The summed E-state index contributed by atoms with van der Waals surface area (Å²) in [4.78, 5) is 17.3. The highest BCUT2D eigenvalue weighted by atomic mass is 16.1. The van der Waals surface area contributed by atoms with E-state index in [-0.39, 0.29) is 5.91 Å². The summed E-state index contributed by atoms with van der Waals surface area (Å²) in [5.41, 5.74) is 4.93. The second-order valence-corrected chi connectivity index (χ2v) is 6.45. The number of benzene rings is 3. The Labute approximate surface area is 145 Å². The number of hydrogen-bond donors (Lipinski definition) is 1. The summed E-state index contributed by atoms with van der Waals surface area (Å²) in [6.07, 6.45) is 3.88. The molecule has 0 unspecified atom stereocenters. The summed E-state index contributed by atoms with van der Waals surface area (Å²) in [7, 11) is 0. The number of nitrogens with zero attached hydrogens (tertiary/aromatic N) is 1. The van der Waals surface area contributed by atoms with Crippen LogP contribution in [0.15, 0.2) is 66.9 Å². The quantitative estimate of drug-likeness (QED) is 0.579. The van der Waals surface area contributed by atoms with Crippen LogP contribution in [-0.2, 0) is 12.8 Å². The van der Waals surface area contributed by atoms with Gasteiger partial charge in [-0.15, -0.1) is 0 Å². The molecule has 1 heterocycles. The lowest BCUT2D eigenvalue weighted by Crippen LogP contribution is -2.13. The van der Waals surface area contributed by atoms with Gasteiger partial charge in [-0.1, -0.05) is 42.5 Å².